The molecule has 16 heavy (non-hydrogen) atoms. The van der Waals surface area contributed by atoms with Crippen molar-refractivity contribution in [3.63, 3.8) is 0 Å². The SMILES string of the molecule is CC1(C)O[Si](C)(c2ccccc2)OC1(C)C. The van der Waals surface area contributed by atoms with Gasteiger partial charge in [-0.15, -0.1) is 0 Å². The van der Waals surface area contributed by atoms with Crippen molar-refractivity contribution in [1.82, 2.24) is 0 Å². The molecule has 0 N–H and O–H groups in total. The number of hydrogen-bond donors (Lipinski definition) is 0. The lowest BCUT2D eigenvalue weighted by molar-refractivity contribution is 0.00578. The highest BCUT2D eigenvalue weighted by Crippen LogP contribution is 2.41. The molecule has 1 heterocycles. The maximum Gasteiger partial charge on any atom is 0.370 e. The van der Waals surface area contributed by atoms with Crippen LogP contribution in [0.25, 0.3) is 0 Å². The van der Waals surface area contributed by atoms with Crippen LogP contribution < -0.4 is 5.19 Å². The first-order chi connectivity index (χ1) is 7.27. The molecule has 0 atom stereocenters. The van der Waals surface area contributed by atoms with E-state index >= 15 is 0 Å². The number of rotatable bonds is 1. The Bertz CT molecular complexity index is 368. The van der Waals surface area contributed by atoms with Gasteiger partial charge < -0.3 is 8.85 Å². The van der Waals surface area contributed by atoms with Crippen molar-refractivity contribution >= 4 is 13.7 Å². The molecule has 1 aliphatic heterocycles. The topological polar surface area (TPSA) is 18.5 Å². The van der Waals surface area contributed by atoms with E-state index in [0.29, 0.717) is 0 Å². The smallest absolute Gasteiger partial charge is 0.370 e. The van der Waals surface area contributed by atoms with E-state index in [1.807, 2.05) is 18.2 Å². The van der Waals surface area contributed by atoms with Crippen molar-refractivity contribution in [3.05, 3.63) is 30.3 Å². The van der Waals surface area contributed by atoms with Crippen LogP contribution in [0.3, 0.4) is 0 Å². The highest BCUT2D eigenvalue weighted by Gasteiger charge is 2.57. The lowest BCUT2D eigenvalue weighted by Gasteiger charge is -2.31. The first kappa shape index (κ1) is 11.8. The molecular formula is C13H20O2Si. The van der Waals surface area contributed by atoms with Crippen molar-refractivity contribution in [1.29, 1.82) is 0 Å². The molecule has 1 fully saturated rings. The minimum absolute atomic E-state index is 0.232. The summed E-state index contributed by atoms with van der Waals surface area (Å²) in [7, 11) is -2.23. The lowest BCUT2D eigenvalue weighted by atomic mass is 9.90. The summed E-state index contributed by atoms with van der Waals surface area (Å²) in [5, 5.41) is 1.20. The summed E-state index contributed by atoms with van der Waals surface area (Å²) in [4.78, 5) is 0. The zero-order chi connectivity index (χ0) is 12.0. The molecule has 1 aromatic carbocycles. The van der Waals surface area contributed by atoms with E-state index in [-0.39, 0.29) is 11.2 Å². The standard InChI is InChI=1S/C13H20O2Si/c1-12(2)13(3,4)15-16(5,14-12)11-9-7-6-8-10-11/h6-10H,1-5H3. The van der Waals surface area contributed by atoms with Crippen molar-refractivity contribution in [2.75, 3.05) is 0 Å². The Labute approximate surface area is 98.8 Å². The highest BCUT2D eigenvalue weighted by atomic mass is 28.4. The van der Waals surface area contributed by atoms with Gasteiger partial charge in [0.1, 0.15) is 0 Å². The maximum atomic E-state index is 6.25. The van der Waals surface area contributed by atoms with Crippen LogP contribution in [0.1, 0.15) is 27.7 Å². The highest BCUT2D eigenvalue weighted by molar-refractivity contribution is 6.80. The number of hydrogen-bond acceptors (Lipinski definition) is 2. The van der Waals surface area contributed by atoms with Crippen LogP contribution in [-0.2, 0) is 8.85 Å². The van der Waals surface area contributed by atoms with Gasteiger partial charge in [0.15, 0.2) is 0 Å². The summed E-state index contributed by atoms with van der Waals surface area (Å²) in [5.74, 6) is 0. The Kier molecular flexibility index (Phi) is 2.53. The van der Waals surface area contributed by atoms with Gasteiger partial charge in [0.25, 0.3) is 0 Å². The van der Waals surface area contributed by atoms with Crippen LogP contribution in [0.5, 0.6) is 0 Å². The quantitative estimate of drug-likeness (QED) is 0.698. The van der Waals surface area contributed by atoms with Crippen LogP contribution in [0, 0.1) is 0 Å². The lowest BCUT2D eigenvalue weighted by Crippen LogP contribution is -2.48. The molecule has 88 valence electrons. The molecule has 1 aromatic rings. The molecule has 0 aliphatic carbocycles. The second-order valence-corrected chi connectivity index (χ2v) is 8.41. The summed E-state index contributed by atoms with van der Waals surface area (Å²) >= 11 is 0. The van der Waals surface area contributed by atoms with E-state index in [1.54, 1.807) is 0 Å². The fraction of sp³-hybridized carbons (Fsp3) is 0.538. The molecule has 3 heteroatoms. The molecule has 1 aliphatic rings. The van der Waals surface area contributed by atoms with Gasteiger partial charge in [-0.2, -0.15) is 0 Å². The molecule has 1 saturated heterocycles. The minimum Gasteiger partial charge on any atom is -0.383 e. The van der Waals surface area contributed by atoms with E-state index in [9.17, 15) is 0 Å². The average Bonchev–Trinajstić information content (AvgIpc) is 2.33. The molecule has 2 nitrogen and oxygen atoms in total. The normalized spacial score (nSPS) is 25.6. The summed E-state index contributed by atoms with van der Waals surface area (Å²) in [6.45, 7) is 10.5. The predicted molar refractivity (Wildman–Crippen MR) is 68.0 cm³/mol. The van der Waals surface area contributed by atoms with Crippen LogP contribution in [0.2, 0.25) is 6.55 Å². The summed E-state index contributed by atoms with van der Waals surface area (Å²) in [5.41, 5.74) is -0.465. The van der Waals surface area contributed by atoms with Crippen molar-refractivity contribution in [2.24, 2.45) is 0 Å². The Hall–Kier alpha value is -0.643. The Balaban J connectivity index is 2.38. The molecule has 2 rings (SSSR count). The van der Waals surface area contributed by atoms with Gasteiger partial charge in [-0.1, -0.05) is 30.3 Å². The van der Waals surface area contributed by atoms with Crippen molar-refractivity contribution in [2.45, 2.75) is 45.4 Å². The fourth-order valence-corrected chi connectivity index (χ4v) is 5.61. The molecule has 0 bridgehead atoms. The van der Waals surface area contributed by atoms with Gasteiger partial charge in [-0.25, -0.2) is 0 Å². The van der Waals surface area contributed by atoms with E-state index in [0.717, 1.165) is 0 Å². The molecule has 0 radical (unpaired) electrons. The Morgan fingerprint density at radius 2 is 1.31 bits per heavy atom. The molecular weight excluding hydrogens is 216 g/mol. The number of benzene rings is 1. The van der Waals surface area contributed by atoms with Gasteiger partial charge in [0, 0.05) is 0 Å². The van der Waals surface area contributed by atoms with Gasteiger partial charge in [-0.05, 0) is 39.4 Å². The first-order valence-electron chi connectivity index (χ1n) is 5.73. The van der Waals surface area contributed by atoms with Gasteiger partial charge in [0.05, 0.1) is 11.2 Å². The van der Waals surface area contributed by atoms with Gasteiger partial charge in [-0.3, -0.25) is 0 Å². The zero-order valence-corrected chi connectivity index (χ0v) is 11.7. The zero-order valence-electron chi connectivity index (χ0n) is 10.7. The molecule has 0 saturated carbocycles. The maximum absolute atomic E-state index is 6.25. The molecule has 0 unspecified atom stereocenters. The third kappa shape index (κ3) is 1.73. The van der Waals surface area contributed by atoms with E-state index < -0.39 is 8.56 Å². The monoisotopic (exact) mass is 236 g/mol. The average molecular weight is 236 g/mol. The third-order valence-electron chi connectivity index (χ3n) is 3.65. The minimum atomic E-state index is -2.23. The van der Waals surface area contributed by atoms with Crippen LogP contribution in [-0.4, -0.2) is 19.8 Å². The van der Waals surface area contributed by atoms with Crippen LogP contribution >= 0.6 is 0 Å². The largest absolute Gasteiger partial charge is 0.383 e. The van der Waals surface area contributed by atoms with Crippen LogP contribution in [0.4, 0.5) is 0 Å². The Morgan fingerprint density at radius 3 is 1.75 bits per heavy atom. The second-order valence-electron chi connectivity index (χ2n) is 5.54. The molecule has 0 aromatic heterocycles. The fourth-order valence-electron chi connectivity index (χ4n) is 2.10. The predicted octanol–water partition coefficient (Wildman–Crippen LogP) is 2.57. The van der Waals surface area contributed by atoms with Crippen molar-refractivity contribution < 1.29 is 8.85 Å². The molecule has 0 spiro atoms. The third-order valence-corrected chi connectivity index (χ3v) is 6.83. The van der Waals surface area contributed by atoms with Gasteiger partial charge >= 0.3 is 8.56 Å². The van der Waals surface area contributed by atoms with E-state index in [4.69, 9.17) is 8.85 Å². The molecule has 0 amide bonds. The second kappa shape index (κ2) is 3.42. The van der Waals surface area contributed by atoms with Gasteiger partial charge in [0.2, 0.25) is 0 Å². The van der Waals surface area contributed by atoms with E-state index in [2.05, 4.69) is 46.4 Å². The summed E-state index contributed by atoms with van der Waals surface area (Å²) in [6, 6.07) is 10.3. The first-order valence-corrected chi connectivity index (χ1v) is 8.04. The summed E-state index contributed by atoms with van der Waals surface area (Å²) < 4.78 is 12.5. The van der Waals surface area contributed by atoms with Crippen LogP contribution in [0.15, 0.2) is 30.3 Å². The van der Waals surface area contributed by atoms with E-state index in [1.165, 1.54) is 5.19 Å². The Morgan fingerprint density at radius 1 is 0.875 bits per heavy atom. The summed E-state index contributed by atoms with van der Waals surface area (Å²) in [6.07, 6.45) is 0. The van der Waals surface area contributed by atoms with Crippen molar-refractivity contribution in [3.8, 4) is 0 Å².